The molecule has 0 aliphatic carbocycles. The van der Waals surface area contributed by atoms with E-state index in [1.165, 1.54) is 33.7 Å². The van der Waals surface area contributed by atoms with Crippen LogP contribution in [0, 0.1) is 32.1 Å². The third-order valence-electron chi connectivity index (χ3n) is 16.9. The number of aromatic nitrogens is 4. The quantitative estimate of drug-likeness (QED) is 0.0160. The third kappa shape index (κ3) is 15.0. The van der Waals surface area contributed by atoms with E-state index in [9.17, 15) is 32.9 Å². The highest BCUT2D eigenvalue weighted by atomic mass is 32.5. The van der Waals surface area contributed by atoms with Gasteiger partial charge in [-0.3, -0.25) is 32.9 Å². The highest BCUT2D eigenvalue weighted by Crippen LogP contribution is 2.57. The Labute approximate surface area is 551 Å². The summed E-state index contributed by atoms with van der Waals surface area (Å²) in [4.78, 5) is 58.4. The number of nitriles is 1. The Hall–Kier alpha value is -7.73. The van der Waals surface area contributed by atoms with Crippen LogP contribution in [0.4, 0.5) is 0 Å². The highest BCUT2D eigenvalue weighted by molar-refractivity contribution is 8.07. The largest absolute Gasteiger partial charge is 0.497 e. The Bertz CT molecular complexity index is 4270. The van der Waals surface area contributed by atoms with E-state index >= 15 is 0 Å². The van der Waals surface area contributed by atoms with E-state index < -0.39 is 108 Å². The Morgan fingerprint density at radius 1 is 0.670 bits per heavy atom. The van der Waals surface area contributed by atoms with Crippen LogP contribution in [-0.4, -0.2) is 100 Å². The fourth-order valence-electron chi connectivity index (χ4n) is 12.2. The molecule has 21 nitrogen and oxygen atoms in total. The zero-order valence-corrected chi connectivity index (χ0v) is 56.9. The van der Waals surface area contributed by atoms with E-state index in [-0.39, 0.29) is 54.9 Å². The molecule has 0 radical (unpaired) electrons. The fraction of sp³-hybridized carbons (Fsp3) is 0.348. The maximum Gasteiger partial charge on any atom is 0.330 e. The van der Waals surface area contributed by atoms with Gasteiger partial charge in [0.15, 0.2) is 0 Å². The van der Waals surface area contributed by atoms with E-state index in [4.69, 9.17) is 57.7 Å². The van der Waals surface area contributed by atoms with Gasteiger partial charge in [-0.15, -0.1) is 0 Å². The summed E-state index contributed by atoms with van der Waals surface area (Å²) in [6.07, 6.45) is -6.07. The molecular weight excluding hydrogens is 1280 g/mol. The maximum absolute atomic E-state index is 14.1. The number of methoxy groups -OCH3 is 2. The summed E-state index contributed by atoms with van der Waals surface area (Å²) in [5, 5.41) is 11.2. The molecule has 94 heavy (non-hydrogen) atoms. The van der Waals surface area contributed by atoms with E-state index in [1.54, 1.807) is 40.2 Å². The van der Waals surface area contributed by atoms with Gasteiger partial charge in [0.25, 0.3) is 29.6 Å². The summed E-state index contributed by atoms with van der Waals surface area (Å²) >= 11 is 6.58. The van der Waals surface area contributed by atoms with E-state index in [0.29, 0.717) is 22.6 Å². The SMILES string of the molecule is COc1ccc(C(OC[C@H]2O[C@@H](n3cc(C)c(=O)[nH]c3=O)C[C@@H]2O[P@](=S)(OCCC#N)O[C@@H](CCOS(=O)(=O)c2ccc(C)cc2)[C@H]2O[C@@H](n3cc(C)c(=O)[nH]c3=O)C[C@@H]2O[Si](c2ccccc2)(c2ccccc2)C(C)(C)C)(c2ccccc2)c2ccc(OC)cc2)cc1. The first-order valence-corrected chi connectivity index (χ1v) is 36.6. The summed E-state index contributed by atoms with van der Waals surface area (Å²) < 4.78 is 98.0. The smallest absolute Gasteiger partial charge is 0.330 e. The summed E-state index contributed by atoms with van der Waals surface area (Å²) in [7, 11) is -4.85. The van der Waals surface area contributed by atoms with Gasteiger partial charge in [-0.25, -0.2) is 9.59 Å². The van der Waals surface area contributed by atoms with Gasteiger partial charge in [0, 0.05) is 42.8 Å². The average molecular weight is 1350 g/mol. The lowest BCUT2D eigenvalue weighted by Crippen LogP contribution is -2.68. The highest BCUT2D eigenvalue weighted by Gasteiger charge is 2.56. The Morgan fingerprint density at radius 2 is 1.16 bits per heavy atom. The van der Waals surface area contributed by atoms with Gasteiger partial charge in [-0.05, 0) is 101 Å². The lowest BCUT2D eigenvalue weighted by atomic mass is 9.80. The number of hydrogen-bond donors (Lipinski definition) is 2. The number of hydrogen-bond acceptors (Lipinski definition) is 18. The lowest BCUT2D eigenvalue weighted by Gasteiger charge is -2.46. The van der Waals surface area contributed by atoms with Gasteiger partial charge >= 0.3 is 18.1 Å². The first-order valence-electron chi connectivity index (χ1n) is 30.7. The van der Waals surface area contributed by atoms with Crippen molar-refractivity contribution in [3.05, 3.63) is 251 Å². The number of aryl methyl sites for hydroxylation is 3. The molecule has 0 unspecified atom stereocenters. The van der Waals surface area contributed by atoms with Crippen LogP contribution in [0.2, 0.25) is 5.04 Å². The molecule has 2 aliphatic heterocycles. The lowest BCUT2D eigenvalue weighted by molar-refractivity contribution is -0.0991. The molecule has 2 saturated heterocycles. The molecule has 0 spiro atoms. The predicted molar refractivity (Wildman–Crippen MR) is 359 cm³/mol. The number of benzene rings is 6. The molecule has 494 valence electrons. The summed E-state index contributed by atoms with van der Waals surface area (Å²) in [5.41, 5.74) is -0.756. The van der Waals surface area contributed by atoms with Crippen LogP contribution in [0.1, 0.15) is 92.3 Å². The van der Waals surface area contributed by atoms with Crippen LogP contribution in [-0.2, 0) is 63.9 Å². The van der Waals surface area contributed by atoms with E-state index in [1.807, 2.05) is 146 Å². The van der Waals surface area contributed by atoms with Crippen molar-refractivity contribution in [1.82, 2.24) is 19.1 Å². The van der Waals surface area contributed by atoms with Crippen molar-refractivity contribution in [3.8, 4) is 17.6 Å². The minimum atomic E-state index is -4.42. The average Bonchev–Trinajstić information content (AvgIpc) is 0.830. The molecule has 4 heterocycles. The van der Waals surface area contributed by atoms with Gasteiger partial charge in [0.2, 0.25) is 0 Å². The van der Waals surface area contributed by atoms with Gasteiger partial charge in [-0.1, -0.05) is 154 Å². The van der Waals surface area contributed by atoms with Crippen LogP contribution < -0.4 is 42.3 Å². The second kappa shape index (κ2) is 29.5. The van der Waals surface area contributed by atoms with E-state index in [2.05, 4.69) is 36.8 Å². The number of nitrogens with one attached hydrogen (secondary N) is 2. The molecule has 6 aromatic carbocycles. The number of aromatic amines is 2. The minimum Gasteiger partial charge on any atom is -0.497 e. The molecule has 2 fully saturated rings. The summed E-state index contributed by atoms with van der Waals surface area (Å²) in [6.45, 7) is 5.72. The van der Waals surface area contributed by atoms with Gasteiger partial charge in [0.1, 0.15) is 41.8 Å². The van der Waals surface area contributed by atoms with E-state index in [0.717, 1.165) is 21.5 Å². The zero-order chi connectivity index (χ0) is 67.0. The molecule has 0 amide bonds. The van der Waals surface area contributed by atoms with Crippen molar-refractivity contribution in [3.63, 3.8) is 0 Å². The first kappa shape index (κ1) is 69.1. The molecular formula is C69H76N5O16PS2Si. The third-order valence-corrected chi connectivity index (χ3v) is 25.7. The van der Waals surface area contributed by atoms with Crippen molar-refractivity contribution in [2.24, 2.45) is 0 Å². The summed E-state index contributed by atoms with van der Waals surface area (Å²) in [6, 6.07) is 52.4. The number of H-pyrrole nitrogens is 2. The van der Waals surface area contributed by atoms with Crippen molar-refractivity contribution < 1.29 is 54.3 Å². The van der Waals surface area contributed by atoms with Gasteiger partial charge in [-0.2, -0.15) is 13.7 Å². The molecule has 25 heteroatoms. The number of nitrogens with zero attached hydrogens (tertiary/aromatic N) is 3. The normalized spacial score (nSPS) is 19.5. The molecule has 0 bridgehead atoms. The van der Waals surface area contributed by atoms with Crippen LogP contribution in [0.25, 0.3) is 0 Å². The Kier molecular flexibility index (Phi) is 21.7. The molecule has 0 saturated carbocycles. The topological polar surface area (TPSA) is 260 Å². The number of rotatable bonds is 27. The molecule has 8 atom stereocenters. The Balaban J connectivity index is 1.11. The molecule has 8 aromatic rings. The van der Waals surface area contributed by atoms with Crippen LogP contribution in [0.3, 0.4) is 0 Å². The zero-order valence-electron chi connectivity index (χ0n) is 53.4. The van der Waals surface area contributed by atoms with Gasteiger partial charge in [0.05, 0.1) is 69.7 Å². The van der Waals surface area contributed by atoms with Crippen LogP contribution >= 0.6 is 6.72 Å². The molecule has 10 rings (SSSR count). The van der Waals surface area contributed by atoms with Crippen LogP contribution in [0.15, 0.2) is 200 Å². The Morgan fingerprint density at radius 3 is 1.66 bits per heavy atom. The summed E-state index contributed by atoms with van der Waals surface area (Å²) in [5.74, 6) is 1.19. The molecule has 2 aliphatic rings. The van der Waals surface area contributed by atoms with Crippen molar-refractivity contribution in [2.75, 3.05) is 34.0 Å². The first-order chi connectivity index (χ1) is 45.0. The monoisotopic (exact) mass is 1350 g/mol. The van der Waals surface area contributed by atoms with Crippen LogP contribution in [0.5, 0.6) is 11.5 Å². The second-order valence-corrected chi connectivity index (χ2v) is 32.9. The molecule has 2 aromatic heterocycles. The van der Waals surface area contributed by atoms with Crippen molar-refractivity contribution in [1.29, 1.82) is 5.26 Å². The van der Waals surface area contributed by atoms with Gasteiger partial charge < -0.3 is 41.7 Å². The second-order valence-electron chi connectivity index (χ2n) is 24.1. The fourth-order valence-corrected chi connectivity index (χ4v) is 20.3. The van der Waals surface area contributed by atoms with Crippen molar-refractivity contribution >= 4 is 47.3 Å². The maximum atomic E-state index is 14.1. The van der Waals surface area contributed by atoms with Crippen molar-refractivity contribution in [2.45, 2.75) is 126 Å². The predicted octanol–water partition coefficient (Wildman–Crippen LogP) is 9.28. The minimum absolute atomic E-state index is 0.0155. The standard InChI is InChI=1S/C69H76N5O16PS2Si/c1-46-25-35-54(36-26-46)93(79,80)85-40-37-57(63-59(42-62(87-63)74-44-48(3)65(76)72-67(74)78)90-94(68(4,5)6,55-21-14-10-15-22-55)56-23-16-11-17-24-56)88-91(92,84-39-18-38-70)89-58-41-61(73-43-47(2)64(75)71-66(73)77)86-60(58)45-83-69(49-19-12-9-13-20-49,50-27-31-52(81-7)32-28-50)51-29-33-53(82-8)34-30-51/h9-17,19-36,43-44,57-63H,18,37,39-42,45H2,1-8H3,(H,71,75,77)(H,72,76,78)/t57-,58-,59-,60+,61+,62+,63+,91-/m0/s1. The number of ether oxygens (including phenoxy) is 5. The molecule has 2 N–H and O–H groups in total.